The van der Waals surface area contributed by atoms with Crippen LogP contribution in [-0.4, -0.2) is 46.2 Å². The van der Waals surface area contributed by atoms with Crippen molar-refractivity contribution in [3.8, 4) is 11.1 Å². The summed E-state index contributed by atoms with van der Waals surface area (Å²) in [7, 11) is 0. The van der Waals surface area contributed by atoms with Crippen LogP contribution in [-0.2, 0) is 0 Å². The zero-order valence-corrected chi connectivity index (χ0v) is 19.0. The molecule has 1 aliphatic rings. The van der Waals surface area contributed by atoms with Crippen LogP contribution in [0.1, 0.15) is 42.8 Å². The molecule has 1 saturated heterocycles. The van der Waals surface area contributed by atoms with Crippen molar-refractivity contribution >= 4 is 41.0 Å². The quantitative estimate of drug-likeness (QED) is 0.488. The van der Waals surface area contributed by atoms with Gasteiger partial charge >= 0.3 is 0 Å². The zero-order chi connectivity index (χ0) is 20.2. The first-order valence-electron chi connectivity index (χ1n) is 10.4. The molecule has 162 valence electrons. The van der Waals surface area contributed by atoms with Gasteiger partial charge in [-0.25, -0.2) is 9.50 Å². The van der Waals surface area contributed by atoms with E-state index in [2.05, 4.69) is 39.9 Å². The van der Waals surface area contributed by atoms with Gasteiger partial charge in [0, 0.05) is 18.2 Å². The van der Waals surface area contributed by atoms with E-state index in [1.165, 1.54) is 17.8 Å². The van der Waals surface area contributed by atoms with Crippen LogP contribution >= 0.6 is 23.7 Å². The molecular formula is C21H29ClN6OS. The fourth-order valence-corrected chi connectivity index (χ4v) is 4.48. The van der Waals surface area contributed by atoms with E-state index in [0.717, 1.165) is 59.8 Å². The SMILES string of the molecule is CCC(CC)NC(=O)c1cc(-c2cnn3cc(NCC4CCNC4)cnc23)cs1.Cl. The maximum atomic E-state index is 12.5. The van der Waals surface area contributed by atoms with Gasteiger partial charge in [0.1, 0.15) is 0 Å². The second kappa shape index (κ2) is 10.2. The molecule has 1 unspecified atom stereocenters. The average Bonchev–Trinajstić information content (AvgIpc) is 3.50. The Morgan fingerprint density at radius 3 is 2.93 bits per heavy atom. The number of carbonyl (C=O) groups excluding carboxylic acids is 1. The standard InChI is InChI=1S/C21H28N6OS.ClH/c1-3-16(4-2)26-21(28)19-7-15(13-29-19)18-11-25-27-12-17(10-24-20(18)27)23-9-14-5-6-22-8-14;/h7,10-14,16,22-23H,3-6,8-9H2,1-2H3,(H,26,28);1H. The number of carbonyl (C=O) groups is 1. The lowest BCUT2D eigenvalue weighted by Crippen LogP contribution is -2.33. The Bertz CT molecular complexity index is 977. The molecule has 4 rings (SSSR count). The third-order valence-corrected chi connectivity index (χ3v) is 6.50. The molecule has 7 nitrogen and oxygen atoms in total. The third kappa shape index (κ3) is 4.94. The van der Waals surface area contributed by atoms with Gasteiger partial charge < -0.3 is 16.0 Å². The molecule has 0 bridgehead atoms. The lowest BCUT2D eigenvalue weighted by molar-refractivity contribution is 0.0939. The van der Waals surface area contributed by atoms with E-state index in [-0.39, 0.29) is 24.4 Å². The van der Waals surface area contributed by atoms with E-state index in [0.29, 0.717) is 5.92 Å². The Labute approximate surface area is 187 Å². The number of nitrogens with zero attached hydrogens (tertiary/aromatic N) is 3. The molecule has 1 atom stereocenters. The molecule has 9 heteroatoms. The molecule has 1 fully saturated rings. The predicted octanol–water partition coefficient (Wildman–Crippen LogP) is 3.82. The molecule has 4 heterocycles. The van der Waals surface area contributed by atoms with Crippen molar-refractivity contribution in [3.63, 3.8) is 0 Å². The second-order valence-electron chi connectivity index (χ2n) is 7.60. The summed E-state index contributed by atoms with van der Waals surface area (Å²) in [5, 5.41) is 16.4. The van der Waals surface area contributed by atoms with Crippen LogP contribution in [0.5, 0.6) is 0 Å². The van der Waals surface area contributed by atoms with Crippen LogP contribution < -0.4 is 16.0 Å². The summed E-state index contributed by atoms with van der Waals surface area (Å²) >= 11 is 1.46. The maximum absolute atomic E-state index is 12.5. The predicted molar refractivity (Wildman–Crippen MR) is 125 cm³/mol. The molecule has 0 saturated carbocycles. The monoisotopic (exact) mass is 448 g/mol. The fourth-order valence-electron chi connectivity index (χ4n) is 3.67. The normalized spacial score (nSPS) is 16.0. The molecule has 30 heavy (non-hydrogen) atoms. The van der Waals surface area contributed by atoms with Crippen molar-refractivity contribution in [2.45, 2.75) is 39.2 Å². The number of amides is 1. The third-order valence-electron chi connectivity index (χ3n) is 5.57. The number of hydrogen-bond acceptors (Lipinski definition) is 6. The van der Waals surface area contributed by atoms with Gasteiger partial charge in [-0.2, -0.15) is 5.10 Å². The zero-order valence-electron chi connectivity index (χ0n) is 17.4. The first-order chi connectivity index (χ1) is 14.2. The van der Waals surface area contributed by atoms with Crippen LogP contribution in [0.3, 0.4) is 0 Å². The molecule has 0 aromatic carbocycles. The van der Waals surface area contributed by atoms with Crippen molar-refractivity contribution in [2.75, 3.05) is 25.0 Å². The number of halogens is 1. The largest absolute Gasteiger partial charge is 0.382 e. The Hall–Kier alpha value is -2.16. The van der Waals surface area contributed by atoms with E-state index in [4.69, 9.17) is 0 Å². The highest BCUT2D eigenvalue weighted by atomic mass is 35.5. The number of rotatable bonds is 8. The highest BCUT2D eigenvalue weighted by molar-refractivity contribution is 7.12. The van der Waals surface area contributed by atoms with Crippen LogP contribution in [0.25, 0.3) is 16.8 Å². The minimum Gasteiger partial charge on any atom is -0.382 e. The number of nitrogens with one attached hydrogen (secondary N) is 3. The molecule has 0 radical (unpaired) electrons. The number of aromatic nitrogens is 3. The summed E-state index contributed by atoms with van der Waals surface area (Å²) in [5.41, 5.74) is 3.68. The Balaban J connectivity index is 0.00000256. The van der Waals surface area contributed by atoms with Gasteiger partial charge in [0.15, 0.2) is 5.65 Å². The van der Waals surface area contributed by atoms with Gasteiger partial charge in [0.2, 0.25) is 0 Å². The van der Waals surface area contributed by atoms with E-state index in [9.17, 15) is 4.79 Å². The lowest BCUT2D eigenvalue weighted by Gasteiger charge is -2.13. The number of anilines is 1. The van der Waals surface area contributed by atoms with Crippen molar-refractivity contribution in [3.05, 3.63) is 34.9 Å². The topological polar surface area (TPSA) is 83.4 Å². The second-order valence-corrected chi connectivity index (χ2v) is 8.51. The molecule has 0 spiro atoms. The average molecular weight is 449 g/mol. The van der Waals surface area contributed by atoms with Gasteiger partial charge in [-0.1, -0.05) is 13.8 Å². The molecule has 1 amide bonds. The van der Waals surface area contributed by atoms with Crippen LogP contribution in [0.15, 0.2) is 30.0 Å². The molecule has 3 aromatic rings. The molecule has 0 aliphatic carbocycles. The highest BCUT2D eigenvalue weighted by Gasteiger charge is 2.17. The number of thiophene rings is 1. The van der Waals surface area contributed by atoms with Crippen molar-refractivity contribution in [2.24, 2.45) is 5.92 Å². The first kappa shape index (κ1) is 22.5. The van der Waals surface area contributed by atoms with E-state index < -0.39 is 0 Å². The van der Waals surface area contributed by atoms with Gasteiger partial charge in [-0.15, -0.1) is 23.7 Å². The van der Waals surface area contributed by atoms with E-state index in [1.54, 1.807) is 4.52 Å². The highest BCUT2D eigenvalue weighted by Crippen LogP contribution is 2.29. The van der Waals surface area contributed by atoms with Crippen LogP contribution in [0.4, 0.5) is 5.69 Å². The van der Waals surface area contributed by atoms with Gasteiger partial charge in [-0.3, -0.25) is 4.79 Å². The first-order valence-corrected chi connectivity index (χ1v) is 11.2. The van der Waals surface area contributed by atoms with Gasteiger partial charge in [0.05, 0.1) is 29.2 Å². The van der Waals surface area contributed by atoms with E-state index in [1.807, 2.05) is 30.0 Å². The summed E-state index contributed by atoms with van der Waals surface area (Å²) in [5.74, 6) is 0.654. The van der Waals surface area contributed by atoms with Gasteiger partial charge in [-0.05, 0) is 55.3 Å². The summed E-state index contributed by atoms with van der Waals surface area (Å²) in [6.07, 6.45) is 8.73. The Kier molecular flexibility index (Phi) is 7.69. The number of hydrogen-bond donors (Lipinski definition) is 3. The molecule has 3 aromatic heterocycles. The van der Waals surface area contributed by atoms with Crippen molar-refractivity contribution in [1.82, 2.24) is 25.2 Å². The fraction of sp³-hybridized carbons (Fsp3) is 0.476. The smallest absolute Gasteiger partial charge is 0.261 e. The summed E-state index contributed by atoms with van der Waals surface area (Å²) < 4.78 is 1.80. The molecule has 1 aliphatic heterocycles. The minimum absolute atomic E-state index is 0. The Morgan fingerprint density at radius 2 is 2.20 bits per heavy atom. The van der Waals surface area contributed by atoms with Crippen LogP contribution in [0.2, 0.25) is 0 Å². The molecule has 3 N–H and O–H groups in total. The minimum atomic E-state index is -0.00716. The van der Waals surface area contributed by atoms with Crippen molar-refractivity contribution in [1.29, 1.82) is 0 Å². The van der Waals surface area contributed by atoms with E-state index >= 15 is 0 Å². The van der Waals surface area contributed by atoms with Crippen LogP contribution in [0, 0.1) is 5.92 Å². The van der Waals surface area contributed by atoms with Gasteiger partial charge in [0.25, 0.3) is 5.91 Å². The lowest BCUT2D eigenvalue weighted by atomic mass is 10.1. The molecular weight excluding hydrogens is 420 g/mol. The summed E-state index contributed by atoms with van der Waals surface area (Å²) in [6, 6.07) is 2.15. The number of fused-ring (bicyclic) bond motifs is 1. The summed E-state index contributed by atoms with van der Waals surface area (Å²) in [4.78, 5) is 17.8. The summed E-state index contributed by atoms with van der Waals surface area (Å²) in [6.45, 7) is 7.29. The van der Waals surface area contributed by atoms with Crippen molar-refractivity contribution < 1.29 is 4.79 Å². The maximum Gasteiger partial charge on any atom is 0.261 e. The Morgan fingerprint density at radius 1 is 1.37 bits per heavy atom.